The van der Waals surface area contributed by atoms with E-state index in [1.165, 1.54) is 12.4 Å². The summed E-state index contributed by atoms with van der Waals surface area (Å²) in [4.78, 5) is 48.4. The van der Waals surface area contributed by atoms with Crippen molar-refractivity contribution in [2.75, 3.05) is 33.6 Å². The molecule has 0 spiro atoms. The van der Waals surface area contributed by atoms with Crippen molar-refractivity contribution in [2.24, 2.45) is 0 Å². The summed E-state index contributed by atoms with van der Waals surface area (Å²) in [6.07, 6.45) is 14.5. The smallest absolute Gasteiger partial charge is 0.261 e. The molecule has 10 heterocycles. The summed E-state index contributed by atoms with van der Waals surface area (Å²) in [6.45, 7) is 6.20. The van der Waals surface area contributed by atoms with Crippen LogP contribution in [0.2, 0.25) is 0 Å². The van der Waals surface area contributed by atoms with E-state index in [1.807, 2.05) is 50.2 Å². The van der Waals surface area contributed by atoms with Gasteiger partial charge < -0.3 is 40.1 Å². The number of benzene rings is 2. The average molecular weight is 885 g/mol. The molecule has 12 rings (SSSR count). The van der Waals surface area contributed by atoms with Gasteiger partial charge in [-0.05, 0) is 61.4 Å². The van der Waals surface area contributed by atoms with Crippen molar-refractivity contribution in [3.05, 3.63) is 155 Å². The van der Waals surface area contributed by atoms with Crippen molar-refractivity contribution in [3.63, 3.8) is 0 Å². The van der Waals surface area contributed by atoms with Crippen molar-refractivity contribution in [2.45, 2.75) is 64.1 Å². The van der Waals surface area contributed by atoms with Crippen LogP contribution in [0.1, 0.15) is 68.2 Å². The highest BCUT2D eigenvalue weighted by Gasteiger charge is 2.38. The number of nitrogens with zero attached hydrogens (tertiary/aromatic N) is 10. The van der Waals surface area contributed by atoms with Gasteiger partial charge in [0.25, 0.3) is 11.8 Å². The number of aromatic nitrogens is 8. The SMILES string of the molecule is C[C@@]1(CO)Cc2cc(NC(=O)c3cnn4cccnc34)c(N3Cc4cccnc4C3)cc2O1.C[C@]1(CO)Cc2cc(NC(=O)c3cnn4cccnc34)c(N3Cc4cccnc4C3)cc2O1. The zero-order valence-electron chi connectivity index (χ0n) is 36.0. The summed E-state index contributed by atoms with van der Waals surface area (Å²) in [5.41, 5.74) is 9.68. The molecule has 4 aliphatic rings. The number of nitrogens with one attached hydrogen (secondary N) is 2. The van der Waals surface area contributed by atoms with Crippen LogP contribution in [0.25, 0.3) is 11.3 Å². The van der Waals surface area contributed by atoms with E-state index in [4.69, 9.17) is 9.47 Å². The molecule has 66 heavy (non-hydrogen) atoms. The van der Waals surface area contributed by atoms with Crippen molar-refractivity contribution >= 4 is 45.9 Å². The second-order valence-electron chi connectivity index (χ2n) is 17.5. The zero-order valence-corrected chi connectivity index (χ0v) is 36.0. The van der Waals surface area contributed by atoms with E-state index >= 15 is 0 Å². The lowest BCUT2D eigenvalue weighted by Crippen LogP contribution is -2.34. The lowest BCUT2D eigenvalue weighted by molar-refractivity contribution is 0.0446. The Morgan fingerprint density at radius 2 is 1.05 bits per heavy atom. The highest BCUT2D eigenvalue weighted by atomic mass is 16.5. The Labute approximate surface area is 377 Å². The third-order valence-electron chi connectivity index (χ3n) is 12.5. The molecule has 6 aromatic heterocycles. The van der Waals surface area contributed by atoms with Crippen LogP contribution in [0.4, 0.5) is 22.7 Å². The lowest BCUT2D eigenvalue weighted by atomic mass is 9.99. The van der Waals surface area contributed by atoms with Crippen molar-refractivity contribution in [1.82, 2.24) is 39.2 Å². The summed E-state index contributed by atoms with van der Waals surface area (Å²) in [5, 5.41) is 34.2. The summed E-state index contributed by atoms with van der Waals surface area (Å²) < 4.78 is 15.3. The zero-order chi connectivity index (χ0) is 45.2. The number of hydrogen-bond acceptors (Lipinski definition) is 14. The van der Waals surface area contributed by atoms with E-state index in [0.717, 1.165) is 56.5 Å². The molecule has 2 amide bonds. The molecule has 2 aromatic carbocycles. The fraction of sp³-hybridized carbons (Fsp3) is 0.250. The van der Waals surface area contributed by atoms with Crippen LogP contribution in [0.3, 0.4) is 0 Å². The van der Waals surface area contributed by atoms with Crippen LogP contribution in [-0.2, 0) is 39.0 Å². The van der Waals surface area contributed by atoms with E-state index in [0.29, 0.717) is 72.8 Å². The first-order valence-corrected chi connectivity index (χ1v) is 21.5. The second kappa shape index (κ2) is 15.9. The molecule has 0 radical (unpaired) electrons. The average Bonchev–Trinajstić information content (AvgIpc) is 4.19. The van der Waals surface area contributed by atoms with Crippen LogP contribution in [0.15, 0.2) is 110 Å². The number of carbonyl (C=O) groups is 2. The monoisotopic (exact) mass is 884 g/mol. The Morgan fingerprint density at radius 3 is 1.47 bits per heavy atom. The van der Waals surface area contributed by atoms with Crippen LogP contribution in [-0.4, -0.2) is 85.6 Å². The lowest BCUT2D eigenvalue weighted by Gasteiger charge is -2.23. The first kappa shape index (κ1) is 40.8. The number of rotatable bonds is 8. The predicted octanol–water partition coefficient (Wildman–Crippen LogP) is 5.17. The Bertz CT molecular complexity index is 2960. The highest BCUT2D eigenvalue weighted by Crippen LogP contribution is 2.45. The number of aliphatic hydroxyl groups is 2. The Morgan fingerprint density at radius 1 is 0.606 bits per heavy atom. The number of anilines is 4. The van der Waals surface area contributed by atoms with Gasteiger partial charge in [-0.15, -0.1) is 0 Å². The molecular weight excluding hydrogens is 841 g/mol. The summed E-state index contributed by atoms with van der Waals surface area (Å²) in [6, 6.07) is 19.3. The topological polar surface area (TPSA) is 210 Å². The van der Waals surface area contributed by atoms with Crippen LogP contribution < -0.4 is 29.9 Å². The molecule has 0 saturated carbocycles. The molecule has 18 nitrogen and oxygen atoms in total. The van der Waals surface area contributed by atoms with E-state index in [9.17, 15) is 19.8 Å². The van der Waals surface area contributed by atoms with Gasteiger partial charge in [0, 0.05) is 86.4 Å². The summed E-state index contributed by atoms with van der Waals surface area (Å²) >= 11 is 0. The first-order chi connectivity index (χ1) is 32.1. The molecule has 0 unspecified atom stereocenters. The second-order valence-corrected chi connectivity index (χ2v) is 17.5. The Kier molecular flexibility index (Phi) is 9.85. The molecule has 8 aromatic rings. The normalized spacial score (nSPS) is 18.8. The van der Waals surface area contributed by atoms with Crippen LogP contribution in [0, 0.1) is 0 Å². The Balaban J connectivity index is 0.000000146. The maximum atomic E-state index is 13.3. The number of hydrogen-bond donors (Lipinski definition) is 4. The number of fused-ring (bicyclic) bond motifs is 6. The maximum absolute atomic E-state index is 13.3. The van der Waals surface area contributed by atoms with Crippen molar-refractivity contribution < 1.29 is 29.3 Å². The van der Waals surface area contributed by atoms with Gasteiger partial charge in [-0.25, -0.2) is 19.0 Å². The number of amides is 2. The van der Waals surface area contributed by atoms with Crippen LogP contribution in [0.5, 0.6) is 11.5 Å². The molecule has 332 valence electrons. The quantitative estimate of drug-likeness (QED) is 0.155. The molecule has 0 fully saturated rings. The van der Waals surface area contributed by atoms with Gasteiger partial charge in [0.15, 0.2) is 11.3 Å². The van der Waals surface area contributed by atoms with E-state index in [-0.39, 0.29) is 25.0 Å². The fourth-order valence-corrected chi connectivity index (χ4v) is 9.10. The van der Waals surface area contributed by atoms with Gasteiger partial charge in [-0.2, -0.15) is 10.2 Å². The van der Waals surface area contributed by atoms with Gasteiger partial charge in [0.05, 0.1) is 72.8 Å². The Hall–Kier alpha value is -7.96. The minimum Gasteiger partial charge on any atom is -0.484 e. The van der Waals surface area contributed by atoms with E-state index in [1.54, 1.807) is 58.3 Å². The van der Waals surface area contributed by atoms with Crippen molar-refractivity contribution in [1.29, 1.82) is 0 Å². The molecular formula is C48H44N12O6. The molecule has 18 heteroatoms. The van der Waals surface area contributed by atoms with E-state index < -0.39 is 11.2 Å². The maximum Gasteiger partial charge on any atom is 0.261 e. The standard InChI is InChI=1S/2C24H22N6O3/c2*1-24(14-31)10-16-8-18(28-23(32)17-11-27-30-7-3-6-26-22(17)30)20(9-21(16)33-24)29-12-15-4-2-5-25-19(15)13-29/h2*2-9,11,31H,10,12-14H2,1H3,(H,28,32)/t2*24-/m10/s1. The van der Waals surface area contributed by atoms with Gasteiger partial charge in [-0.1, -0.05) is 12.1 Å². The van der Waals surface area contributed by atoms with Gasteiger partial charge in [0.1, 0.15) is 33.8 Å². The minimum absolute atomic E-state index is 0.0914. The number of carbonyl (C=O) groups excluding carboxylic acids is 2. The largest absolute Gasteiger partial charge is 0.484 e. The molecule has 0 aliphatic carbocycles. The third kappa shape index (κ3) is 7.34. The number of ether oxygens (including phenoxy) is 2. The predicted molar refractivity (Wildman–Crippen MR) is 243 cm³/mol. The summed E-state index contributed by atoms with van der Waals surface area (Å²) in [5.74, 6) is 0.870. The third-order valence-corrected chi connectivity index (χ3v) is 12.5. The number of aliphatic hydroxyl groups excluding tert-OH is 2. The first-order valence-electron chi connectivity index (χ1n) is 21.5. The van der Waals surface area contributed by atoms with E-state index in [2.05, 4.69) is 62.7 Å². The molecule has 4 N–H and O–H groups in total. The van der Waals surface area contributed by atoms with Gasteiger partial charge in [0.2, 0.25) is 0 Å². The minimum atomic E-state index is -0.676. The molecule has 4 aliphatic heterocycles. The van der Waals surface area contributed by atoms with Crippen LogP contribution >= 0.6 is 0 Å². The summed E-state index contributed by atoms with van der Waals surface area (Å²) in [7, 11) is 0. The fourth-order valence-electron chi connectivity index (χ4n) is 9.10. The van der Waals surface area contributed by atoms with Gasteiger partial charge in [-0.3, -0.25) is 19.6 Å². The molecule has 2 atom stereocenters. The molecule has 0 saturated heterocycles. The van der Waals surface area contributed by atoms with Gasteiger partial charge >= 0.3 is 0 Å². The molecule has 0 bridgehead atoms. The highest BCUT2D eigenvalue weighted by molar-refractivity contribution is 6.10. The van der Waals surface area contributed by atoms with Crippen molar-refractivity contribution in [3.8, 4) is 11.5 Å². The number of pyridine rings is 2.